The number of aromatic nitrogens is 3. The Morgan fingerprint density at radius 1 is 1.09 bits per heavy atom. The highest BCUT2D eigenvalue weighted by Gasteiger charge is 2.22. The Morgan fingerprint density at radius 2 is 1.91 bits per heavy atom. The molecule has 1 fully saturated rings. The van der Waals surface area contributed by atoms with Gasteiger partial charge in [0, 0.05) is 18.5 Å². The van der Waals surface area contributed by atoms with Crippen LogP contribution in [0.5, 0.6) is 0 Å². The molecule has 0 aromatic carbocycles. The zero-order chi connectivity index (χ0) is 15.5. The van der Waals surface area contributed by atoms with Gasteiger partial charge in [0.15, 0.2) is 10.9 Å². The molecule has 120 valence electrons. The molecule has 0 atom stereocenters. The Bertz CT molecular complexity index is 731. The van der Waals surface area contributed by atoms with Gasteiger partial charge in [-0.1, -0.05) is 11.8 Å². The van der Waals surface area contributed by atoms with Gasteiger partial charge < -0.3 is 13.6 Å². The molecule has 1 saturated heterocycles. The molecular weight excluding hydrogens is 314 g/mol. The summed E-state index contributed by atoms with van der Waals surface area (Å²) >= 11 is 1.76. The van der Waals surface area contributed by atoms with Crippen LogP contribution in [0, 0.1) is 0 Å². The van der Waals surface area contributed by atoms with Crippen molar-refractivity contribution in [3.05, 3.63) is 42.6 Å². The Labute approximate surface area is 137 Å². The van der Waals surface area contributed by atoms with Gasteiger partial charge in [0.1, 0.15) is 5.76 Å². The molecule has 0 bridgehead atoms. The highest BCUT2D eigenvalue weighted by molar-refractivity contribution is 7.99. The maximum absolute atomic E-state index is 5.50. The zero-order valence-corrected chi connectivity index (χ0v) is 13.4. The summed E-state index contributed by atoms with van der Waals surface area (Å²) in [4.78, 5) is 0. The van der Waals surface area contributed by atoms with Crippen LogP contribution in [0.1, 0.15) is 18.6 Å². The number of hydrogen-bond acceptors (Lipinski definition) is 6. The average molecular weight is 331 g/mol. The van der Waals surface area contributed by atoms with E-state index in [1.54, 1.807) is 24.3 Å². The second kappa shape index (κ2) is 6.64. The van der Waals surface area contributed by atoms with Crippen molar-refractivity contribution in [1.82, 2.24) is 14.8 Å². The molecule has 3 aromatic rings. The summed E-state index contributed by atoms with van der Waals surface area (Å²) in [7, 11) is 0. The lowest BCUT2D eigenvalue weighted by Gasteiger charge is -2.21. The first-order valence-electron chi connectivity index (χ1n) is 7.64. The van der Waals surface area contributed by atoms with E-state index in [4.69, 9.17) is 13.6 Å². The molecule has 0 radical (unpaired) electrons. The molecule has 0 aliphatic carbocycles. The second-order valence-corrected chi connectivity index (χ2v) is 6.65. The summed E-state index contributed by atoms with van der Waals surface area (Å²) in [5.41, 5.74) is 0. The van der Waals surface area contributed by atoms with Crippen molar-refractivity contribution >= 4 is 11.8 Å². The topological polar surface area (TPSA) is 66.2 Å². The van der Waals surface area contributed by atoms with Crippen molar-refractivity contribution in [2.24, 2.45) is 0 Å². The molecule has 4 rings (SSSR count). The van der Waals surface area contributed by atoms with Crippen molar-refractivity contribution in [2.75, 3.05) is 13.2 Å². The van der Waals surface area contributed by atoms with Crippen LogP contribution in [0.25, 0.3) is 11.6 Å². The van der Waals surface area contributed by atoms with E-state index in [-0.39, 0.29) is 0 Å². The van der Waals surface area contributed by atoms with Crippen LogP contribution < -0.4 is 0 Å². The molecule has 7 heteroatoms. The number of thioether (sulfide) groups is 1. The largest absolute Gasteiger partial charge is 0.467 e. The fourth-order valence-electron chi connectivity index (χ4n) is 2.61. The van der Waals surface area contributed by atoms with Crippen molar-refractivity contribution in [2.45, 2.75) is 29.8 Å². The molecule has 0 unspecified atom stereocenters. The number of nitrogens with zero attached hydrogens (tertiary/aromatic N) is 3. The molecule has 1 aliphatic rings. The van der Waals surface area contributed by atoms with Crippen molar-refractivity contribution in [3.8, 4) is 11.6 Å². The average Bonchev–Trinajstić information content (AvgIpc) is 3.32. The minimum atomic E-state index is 0.507. The first kappa shape index (κ1) is 14.6. The number of ether oxygens (including phenoxy) is 1. The number of rotatable bonds is 5. The molecular formula is C16H17N3O3S. The maximum atomic E-state index is 5.50. The van der Waals surface area contributed by atoms with Gasteiger partial charge >= 0.3 is 0 Å². The third-order valence-corrected chi connectivity index (χ3v) is 5.11. The summed E-state index contributed by atoms with van der Waals surface area (Å²) in [5.74, 6) is 2.30. The van der Waals surface area contributed by atoms with Crippen molar-refractivity contribution in [3.63, 3.8) is 0 Å². The van der Waals surface area contributed by atoms with Crippen LogP contribution in [-0.2, 0) is 11.3 Å². The Kier molecular flexibility index (Phi) is 4.21. The van der Waals surface area contributed by atoms with Crippen LogP contribution in [0.2, 0.25) is 0 Å². The van der Waals surface area contributed by atoms with Gasteiger partial charge in [0.05, 0.1) is 19.1 Å². The molecule has 0 spiro atoms. The van der Waals surface area contributed by atoms with E-state index in [1.165, 1.54) is 0 Å². The van der Waals surface area contributed by atoms with Crippen LogP contribution in [-0.4, -0.2) is 33.2 Å². The first-order valence-corrected chi connectivity index (χ1v) is 8.52. The lowest BCUT2D eigenvalue weighted by atomic mass is 10.2. The highest BCUT2D eigenvalue weighted by Crippen LogP contribution is 2.31. The van der Waals surface area contributed by atoms with Crippen molar-refractivity contribution in [1.29, 1.82) is 0 Å². The van der Waals surface area contributed by atoms with E-state index >= 15 is 0 Å². The molecule has 1 aliphatic heterocycles. The van der Waals surface area contributed by atoms with Crippen LogP contribution in [0.15, 0.2) is 50.8 Å². The highest BCUT2D eigenvalue weighted by atomic mass is 32.2. The van der Waals surface area contributed by atoms with Gasteiger partial charge in [0.2, 0.25) is 5.82 Å². The van der Waals surface area contributed by atoms with Crippen LogP contribution in [0.4, 0.5) is 0 Å². The van der Waals surface area contributed by atoms with Crippen LogP contribution >= 0.6 is 11.8 Å². The SMILES string of the molecule is c1coc(Cn2c(SC3CCOCC3)nnc2-c2ccco2)c1. The molecule has 0 N–H and O–H groups in total. The monoisotopic (exact) mass is 331 g/mol. The van der Waals surface area contributed by atoms with E-state index in [0.29, 0.717) is 17.6 Å². The normalized spacial score (nSPS) is 16.0. The fourth-order valence-corrected chi connectivity index (χ4v) is 3.70. The minimum Gasteiger partial charge on any atom is -0.467 e. The van der Waals surface area contributed by atoms with E-state index in [1.807, 2.05) is 24.3 Å². The molecule has 23 heavy (non-hydrogen) atoms. The van der Waals surface area contributed by atoms with Gasteiger partial charge in [0.25, 0.3) is 0 Å². The summed E-state index contributed by atoms with van der Waals surface area (Å²) in [6, 6.07) is 7.59. The van der Waals surface area contributed by atoms with Crippen molar-refractivity contribution < 1.29 is 13.6 Å². The number of hydrogen-bond donors (Lipinski definition) is 0. The first-order chi connectivity index (χ1) is 11.4. The van der Waals surface area contributed by atoms with Crippen LogP contribution in [0.3, 0.4) is 0 Å². The fraction of sp³-hybridized carbons (Fsp3) is 0.375. The van der Waals surface area contributed by atoms with Gasteiger partial charge in [-0.3, -0.25) is 4.57 Å². The Morgan fingerprint density at radius 3 is 2.65 bits per heavy atom. The molecule has 4 heterocycles. The van der Waals surface area contributed by atoms with Gasteiger partial charge in [-0.2, -0.15) is 0 Å². The van der Waals surface area contributed by atoms with Gasteiger partial charge in [-0.25, -0.2) is 0 Å². The number of furan rings is 2. The Balaban J connectivity index is 1.64. The lowest BCUT2D eigenvalue weighted by molar-refractivity contribution is 0.0999. The zero-order valence-electron chi connectivity index (χ0n) is 12.6. The third-order valence-electron chi connectivity index (χ3n) is 3.79. The third kappa shape index (κ3) is 3.20. The molecule has 6 nitrogen and oxygen atoms in total. The maximum Gasteiger partial charge on any atom is 0.200 e. The predicted octanol–water partition coefficient (Wildman–Crippen LogP) is 3.45. The van der Waals surface area contributed by atoms with E-state index in [0.717, 1.165) is 42.8 Å². The summed E-state index contributed by atoms with van der Waals surface area (Å²) in [6.07, 6.45) is 5.40. The summed E-state index contributed by atoms with van der Waals surface area (Å²) < 4.78 is 18.5. The molecule has 0 saturated carbocycles. The van der Waals surface area contributed by atoms with E-state index < -0.39 is 0 Å². The molecule has 0 amide bonds. The van der Waals surface area contributed by atoms with Gasteiger partial charge in [-0.15, -0.1) is 10.2 Å². The Hall–Kier alpha value is -1.99. The lowest BCUT2D eigenvalue weighted by Crippen LogP contribution is -2.18. The quantitative estimate of drug-likeness (QED) is 0.713. The molecule has 3 aromatic heterocycles. The standard InChI is InChI=1S/C16H17N3O3S/c1-3-12(21-7-1)11-19-15(14-4-2-8-22-14)17-18-16(19)23-13-5-9-20-10-6-13/h1-4,7-8,13H,5-6,9-11H2. The second-order valence-electron chi connectivity index (χ2n) is 5.38. The van der Waals surface area contributed by atoms with Gasteiger partial charge in [-0.05, 0) is 37.1 Å². The summed E-state index contributed by atoms with van der Waals surface area (Å²) in [6.45, 7) is 2.21. The smallest absolute Gasteiger partial charge is 0.200 e. The predicted molar refractivity (Wildman–Crippen MR) is 85.2 cm³/mol. The van der Waals surface area contributed by atoms with E-state index in [9.17, 15) is 0 Å². The summed E-state index contributed by atoms with van der Waals surface area (Å²) in [5, 5.41) is 10.1. The minimum absolute atomic E-state index is 0.507. The van der Waals surface area contributed by atoms with E-state index in [2.05, 4.69) is 14.8 Å².